The fraction of sp³-hybridized carbons (Fsp3) is 0.923. The van der Waals surface area contributed by atoms with Gasteiger partial charge in [0.1, 0.15) is 6.04 Å². The molecule has 0 saturated heterocycles. The van der Waals surface area contributed by atoms with Crippen LogP contribution in [0.15, 0.2) is 0 Å². The fourth-order valence-corrected chi connectivity index (χ4v) is 1.89. The molecule has 0 saturated carbocycles. The number of unbranched alkanes of at least 4 members (excludes halogenated alkanes) is 1. The largest absolute Gasteiger partial charge is 0.468 e. The third kappa shape index (κ3) is 6.11. The molecule has 3 nitrogen and oxygen atoms in total. The van der Waals surface area contributed by atoms with E-state index in [2.05, 4.69) is 19.2 Å². The molecule has 1 N–H and O–H groups in total. The Morgan fingerprint density at radius 3 is 2.31 bits per heavy atom. The molecule has 0 aromatic carbocycles. The van der Waals surface area contributed by atoms with Crippen LogP contribution in [-0.4, -0.2) is 25.2 Å². The summed E-state index contributed by atoms with van der Waals surface area (Å²) in [5.41, 5.74) is 0. The van der Waals surface area contributed by atoms with Crippen molar-refractivity contribution >= 4 is 5.97 Å². The Hall–Kier alpha value is -0.570. The molecule has 3 heteroatoms. The van der Waals surface area contributed by atoms with Crippen LogP contribution in [0.2, 0.25) is 0 Å². The summed E-state index contributed by atoms with van der Waals surface area (Å²) in [6.45, 7) is 6.39. The average Bonchev–Trinajstić information content (AvgIpc) is 2.31. The van der Waals surface area contributed by atoms with Gasteiger partial charge in [0.15, 0.2) is 0 Å². The highest BCUT2D eigenvalue weighted by Crippen LogP contribution is 2.09. The van der Waals surface area contributed by atoms with E-state index in [1.807, 2.05) is 6.92 Å². The number of esters is 1. The van der Waals surface area contributed by atoms with E-state index >= 15 is 0 Å². The van der Waals surface area contributed by atoms with Gasteiger partial charge >= 0.3 is 5.97 Å². The molecule has 0 fully saturated rings. The van der Waals surface area contributed by atoms with Gasteiger partial charge in [-0.05, 0) is 19.3 Å². The van der Waals surface area contributed by atoms with Crippen molar-refractivity contribution < 1.29 is 9.53 Å². The van der Waals surface area contributed by atoms with Gasteiger partial charge in [0.25, 0.3) is 0 Å². The Kier molecular flexibility index (Phi) is 9.30. The highest BCUT2D eigenvalue weighted by molar-refractivity contribution is 5.75. The standard InChI is InChI=1S/C13H27NO2/c1-5-8-10-11(9-6-2)14-12(7-3)13(15)16-4/h11-12,14H,5-10H2,1-4H3. The maximum Gasteiger partial charge on any atom is 0.322 e. The number of carbonyl (C=O) groups is 1. The summed E-state index contributed by atoms with van der Waals surface area (Å²) in [5, 5.41) is 3.42. The number of carbonyl (C=O) groups excluding carboxylic acids is 1. The summed E-state index contributed by atoms with van der Waals surface area (Å²) in [7, 11) is 1.45. The lowest BCUT2D eigenvalue weighted by Gasteiger charge is -2.23. The molecule has 0 aliphatic heterocycles. The van der Waals surface area contributed by atoms with Crippen molar-refractivity contribution in [3.8, 4) is 0 Å². The molecule has 2 unspecified atom stereocenters. The number of hydrogen-bond donors (Lipinski definition) is 1. The maximum atomic E-state index is 11.5. The highest BCUT2D eigenvalue weighted by atomic mass is 16.5. The number of ether oxygens (including phenoxy) is 1. The van der Waals surface area contributed by atoms with Crippen LogP contribution in [0.1, 0.15) is 59.3 Å². The van der Waals surface area contributed by atoms with Crippen molar-refractivity contribution in [3.63, 3.8) is 0 Å². The van der Waals surface area contributed by atoms with E-state index in [1.165, 1.54) is 20.0 Å². The Labute approximate surface area is 99.9 Å². The zero-order valence-electron chi connectivity index (χ0n) is 11.2. The van der Waals surface area contributed by atoms with E-state index in [4.69, 9.17) is 4.74 Å². The first-order valence-electron chi connectivity index (χ1n) is 6.53. The average molecular weight is 229 g/mol. The Morgan fingerprint density at radius 2 is 1.88 bits per heavy atom. The van der Waals surface area contributed by atoms with Gasteiger partial charge in [0.05, 0.1) is 7.11 Å². The zero-order valence-corrected chi connectivity index (χ0v) is 11.2. The van der Waals surface area contributed by atoms with Crippen molar-refractivity contribution in [3.05, 3.63) is 0 Å². The SMILES string of the molecule is CCCCC(CCC)NC(CC)C(=O)OC. The van der Waals surface area contributed by atoms with Gasteiger partial charge < -0.3 is 10.1 Å². The minimum Gasteiger partial charge on any atom is -0.468 e. The number of hydrogen-bond acceptors (Lipinski definition) is 3. The first-order valence-corrected chi connectivity index (χ1v) is 6.53. The summed E-state index contributed by atoms with van der Waals surface area (Å²) in [6, 6.07) is 0.312. The molecular weight excluding hydrogens is 202 g/mol. The molecule has 0 radical (unpaired) electrons. The molecular formula is C13H27NO2. The minimum absolute atomic E-state index is 0.139. The summed E-state index contributed by atoms with van der Waals surface area (Å²) >= 11 is 0. The zero-order chi connectivity index (χ0) is 12.4. The van der Waals surface area contributed by atoms with Gasteiger partial charge in [-0.1, -0.05) is 40.0 Å². The van der Waals surface area contributed by atoms with Crippen LogP contribution in [-0.2, 0) is 9.53 Å². The Bertz CT molecular complexity index is 183. The topological polar surface area (TPSA) is 38.3 Å². The molecule has 0 aliphatic rings. The molecule has 0 aliphatic carbocycles. The number of nitrogens with one attached hydrogen (secondary N) is 1. The Balaban J connectivity index is 4.16. The van der Waals surface area contributed by atoms with E-state index in [1.54, 1.807) is 0 Å². The molecule has 96 valence electrons. The summed E-state index contributed by atoms with van der Waals surface area (Å²) < 4.78 is 4.79. The number of rotatable bonds is 9. The van der Waals surface area contributed by atoms with Crippen molar-refractivity contribution in [2.45, 2.75) is 71.4 Å². The third-order valence-electron chi connectivity index (χ3n) is 2.87. The first-order chi connectivity index (χ1) is 7.69. The van der Waals surface area contributed by atoms with Gasteiger partial charge in [0.2, 0.25) is 0 Å². The molecule has 0 bridgehead atoms. The van der Waals surface area contributed by atoms with Crippen molar-refractivity contribution in [1.29, 1.82) is 0 Å². The summed E-state index contributed by atoms with van der Waals surface area (Å²) in [5.74, 6) is -0.139. The predicted octanol–water partition coefficient (Wildman–Crippen LogP) is 2.89. The summed E-state index contributed by atoms with van der Waals surface area (Å²) in [4.78, 5) is 11.5. The van der Waals surface area contributed by atoms with Crippen LogP contribution >= 0.6 is 0 Å². The van der Waals surface area contributed by atoms with Crippen LogP contribution in [0, 0.1) is 0 Å². The van der Waals surface area contributed by atoms with Gasteiger partial charge in [-0.3, -0.25) is 4.79 Å². The van der Waals surface area contributed by atoms with Crippen LogP contribution in [0.3, 0.4) is 0 Å². The van der Waals surface area contributed by atoms with Crippen molar-refractivity contribution in [1.82, 2.24) is 5.32 Å². The van der Waals surface area contributed by atoms with Crippen molar-refractivity contribution in [2.24, 2.45) is 0 Å². The van der Waals surface area contributed by atoms with Gasteiger partial charge in [-0.2, -0.15) is 0 Å². The van der Waals surface area contributed by atoms with E-state index in [0.717, 1.165) is 25.7 Å². The van der Waals surface area contributed by atoms with E-state index < -0.39 is 0 Å². The van der Waals surface area contributed by atoms with Crippen LogP contribution in [0.25, 0.3) is 0 Å². The van der Waals surface area contributed by atoms with Crippen LogP contribution < -0.4 is 5.32 Å². The monoisotopic (exact) mass is 229 g/mol. The minimum atomic E-state index is -0.140. The van der Waals surface area contributed by atoms with E-state index in [0.29, 0.717) is 6.04 Å². The second-order valence-electron chi connectivity index (χ2n) is 4.28. The van der Waals surface area contributed by atoms with E-state index in [9.17, 15) is 4.79 Å². The highest BCUT2D eigenvalue weighted by Gasteiger charge is 2.20. The lowest BCUT2D eigenvalue weighted by molar-refractivity contribution is -0.143. The molecule has 0 aromatic heterocycles. The van der Waals surface area contributed by atoms with Crippen LogP contribution in [0.5, 0.6) is 0 Å². The van der Waals surface area contributed by atoms with Crippen molar-refractivity contribution in [2.75, 3.05) is 7.11 Å². The third-order valence-corrected chi connectivity index (χ3v) is 2.87. The summed E-state index contributed by atoms with van der Waals surface area (Å²) in [6.07, 6.45) is 6.65. The second kappa shape index (κ2) is 9.64. The molecule has 0 amide bonds. The van der Waals surface area contributed by atoms with Gasteiger partial charge in [0, 0.05) is 6.04 Å². The predicted molar refractivity (Wildman–Crippen MR) is 67.5 cm³/mol. The van der Waals surface area contributed by atoms with E-state index in [-0.39, 0.29) is 12.0 Å². The lowest BCUT2D eigenvalue weighted by Crippen LogP contribution is -2.43. The van der Waals surface area contributed by atoms with Gasteiger partial charge in [-0.25, -0.2) is 0 Å². The smallest absolute Gasteiger partial charge is 0.322 e. The molecule has 0 spiro atoms. The fourth-order valence-electron chi connectivity index (χ4n) is 1.89. The van der Waals surface area contributed by atoms with Gasteiger partial charge in [-0.15, -0.1) is 0 Å². The number of methoxy groups -OCH3 is 1. The lowest BCUT2D eigenvalue weighted by atomic mass is 10.0. The second-order valence-corrected chi connectivity index (χ2v) is 4.28. The normalized spacial score (nSPS) is 14.5. The molecule has 0 rings (SSSR count). The molecule has 16 heavy (non-hydrogen) atoms. The quantitative estimate of drug-likeness (QED) is 0.618. The molecule has 0 aromatic rings. The molecule has 0 heterocycles. The Morgan fingerprint density at radius 1 is 1.19 bits per heavy atom. The van der Waals surface area contributed by atoms with Crippen LogP contribution in [0.4, 0.5) is 0 Å². The molecule has 2 atom stereocenters. The maximum absolute atomic E-state index is 11.5. The first kappa shape index (κ1) is 15.4.